The van der Waals surface area contributed by atoms with Crippen LogP contribution in [0.4, 0.5) is 0 Å². The number of nitrogens with zero attached hydrogens (tertiary/aromatic N) is 4. The lowest BCUT2D eigenvalue weighted by Gasteiger charge is -2.38. The molecule has 0 aromatic carbocycles. The minimum Gasteiger partial charge on any atom is -0.785 e. The maximum atomic E-state index is 11.6. The number of rotatable bonds is 4. The molecule has 0 atom stereocenters. The molecule has 0 aromatic rings. The number of aliphatic carboxylic acids is 2. The SMILES string of the molecule is O=C(O)CN1CCN([O-])CCN([O-])CCN(CC(=O)O)CC1. The number of hydroxylamine groups is 4. The fourth-order valence-electron chi connectivity index (χ4n) is 2.16. The van der Waals surface area contributed by atoms with Gasteiger partial charge in [-0.1, -0.05) is 0 Å². The highest BCUT2D eigenvalue weighted by Crippen LogP contribution is 1.99. The van der Waals surface area contributed by atoms with Crippen molar-refractivity contribution in [2.75, 3.05) is 65.4 Å². The Hall–Kier alpha value is -1.30. The number of hydrogen-bond acceptors (Lipinski definition) is 8. The monoisotopic (exact) mass is 318 g/mol. The predicted molar refractivity (Wildman–Crippen MR) is 78.0 cm³/mol. The summed E-state index contributed by atoms with van der Waals surface area (Å²) < 4.78 is 0. The zero-order valence-electron chi connectivity index (χ0n) is 12.4. The van der Waals surface area contributed by atoms with E-state index in [2.05, 4.69) is 0 Å². The number of carbonyl (C=O) groups is 2. The molecule has 1 saturated heterocycles. The lowest BCUT2D eigenvalue weighted by Crippen LogP contribution is -2.46. The molecule has 0 unspecified atom stereocenters. The van der Waals surface area contributed by atoms with E-state index in [9.17, 15) is 20.0 Å². The average Bonchev–Trinajstić information content (AvgIpc) is 2.42. The van der Waals surface area contributed by atoms with Crippen molar-refractivity contribution in [3.63, 3.8) is 0 Å². The maximum Gasteiger partial charge on any atom is 0.317 e. The number of carboxylic acids is 2. The van der Waals surface area contributed by atoms with Gasteiger partial charge in [-0.3, -0.25) is 19.4 Å². The molecular weight excluding hydrogens is 296 g/mol. The molecule has 10 heteroatoms. The van der Waals surface area contributed by atoms with E-state index in [-0.39, 0.29) is 52.4 Å². The molecule has 10 nitrogen and oxygen atoms in total. The Balaban J connectivity index is 2.66. The van der Waals surface area contributed by atoms with Gasteiger partial charge in [-0.15, -0.1) is 0 Å². The van der Waals surface area contributed by atoms with E-state index in [1.165, 1.54) is 0 Å². The van der Waals surface area contributed by atoms with Crippen LogP contribution in [0.1, 0.15) is 0 Å². The summed E-state index contributed by atoms with van der Waals surface area (Å²) in [6, 6.07) is 0. The molecule has 1 fully saturated rings. The van der Waals surface area contributed by atoms with Gasteiger partial charge in [0.15, 0.2) is 0 Å². The number of hydrogen-bond donors (Lipinski definition) is 2. The van der Waals surface area contributed by atoms with Gasteiger partial charge < -0.3 is 30.8 Å². The Kier molecular flexibility index (Phi) is 8.24. The fraction of sp³-hybridized carbons (Fsp3) is 0.833. The predicted octanol–water partition coefficient (Wildman–Crippen LogP) is -1.63. The van der Waals surface area contributed by atoms with Crippen LogP contribution in [0, 0.1) is 10.4 Å². The molecule has 0 bridgehead atoms. The third kappa shape index (κ3) is 8.22. The average molecular weight is 318 g/mol. The van der Waals surface area contributed by atoms with Crippen LogP contribution in [0.5, 0.6) is 0 Å². The molecule has 0 spiro atoms. The first-order valence-electron chi connectivity index (χ1n) is 7.09. The quantitative estimate of drug-likeness (QED) is 0.622. The minimum absolute atomic E-state index is 0.0450. The summed E-state index contributed by atoms with van der Waals surface area (Å²) in [4.78, 5) is 24.9. The summed E-state index contributed by atoms with van der Waals surface area (Å²) in [5, 5.41) is 42.4. The zero-order chi connectivity index (χ0) is 16.5. The molecule has 22 heavy (non-hydrogen) atoms. The topological polar surface area (TPSA) is 134 Å². The molecule has 0 amide bonds. The summed E-state index contributed by atoms with van der Waals surface area (Å²) in [5.41, 5.74) is 0. The van der Waals surface area contributed by atoms with E-state index in [0.717, 1.165) is 10.1 Å². The van der Waals surface area contributed by atoms with E-state index in [4.69, 9.17) is 10.2 Å². The normalized spacial score (nSPS) is 21.9. The lowest BCUT2D eigenvalue weighted by atomic mass is 10.3. The minimum atomic E-state index is -1.000. The lowest BCUT2D eigenvalue weighted by molar-refractivity contribution is -0.140. The molecule has 1 aliphatic heterocycles. The number of carboxylic acid groups (broad SMARTS) is 2. The third-order valence-electron chi connectivity index (χ3n) is 3.38. The standard InChI is InChI=1S/C12H22N4O6/c17-11(18)9-13-1-2-14(10-12(19)20)4-6-16(22)8-7-15(21)5-3-13/h1-10H2,(H,17,18)(H,19,20)/q-2. The highest BCUT2D eigenvalue weighted by Gasteiger charge is 2.15. The Morgan fingerprint density at radius 3 is 1.27 bits per heavy atom. The van der Waals surface area contributed by atoms with Crippen LogP contribution >= 0.6 is 0 Å². The van der Waals surface area contributed by atoms with Crippen LogP contribution in [0.15, 0.2) is 0 Å². The molecule has 128 valence electrons. The molecule has 0 aromatic heterocycles. The molecule has 0 radical (unpaired) electrons. The van der Waals surface area contributed by atoms with Gasteiger partial charge in [0.05, 0.1) is 13.1 Å². The molecule has 1 heterocycles. The van der Waals surface area contributed by atoms with Crippen molar-refractivity contribution in [3.05, 3.63) is 10.4 Å². The summed E-state index contributed by atoms with van der Waals surface area (Å²) >= 11 is 0. The third-order valence-corrected chi connectivity index (χ3v) is 3.38. The molecular formula is C12H22N4O6-2. The van der Waals surface area contributed by atoms with Crippen LogP contribution in [0.25, 0.3) is 0 Å². The van der Waals surface area contributed by atoms with Gasteiger partial charge in [0.25, 0.3) is 0 Å². The van der Waals surface area contributed by atoms with Crippen LogP contribution in [0.2, 0.25) is 0 Å². The van der Waals surface area contributed by atoms with E-state index in [0.29, 0.717) is 13.1 Å². The van der Waals surface area contributed by atoms with Crippen molar-refractivity contribution < 1.29 is 19.8 Å². The Morgan fingerprint density at radius 2 is 0.955 bits per heavy atom. The second-order valence-electron chi connectivity index (χ2n) is 5.20. The largest absolute Gasteiger partial charge is 0.785 e. The summed E-state index contributed by atoms with van der Waals surface area (Å²) in [6.45, 7) is 1.07. The van der Waals surface area contributed by atoms with Gasteiger partial charge in [-0.2, -0.15) is 0 Å². The van der Waals surface area contributed by atoms with Crippen LogP contribution < -0.4 is 0 Å². The van der Waals surface area contributed by atoms with Crippen molar-refractivity contribution in [3.8, 4) is 0 Å². The summed E-state index contributed by atoms with van der Waals surface area (Å²) in [6.07, 6.45) is 0. The molecule has 0 aliphatic carbocycles. The summed E-state index contributed by atoms with van der Waals surface area (Å²) in [7, 11) is 0. The highest BCUT2D eigenvalue weighted by molar-refractivity contribution is 5.69. The smallest absolute Gasteiger partial charge is 0.317 e. The highest BCUT2D eigenvalue weighted by atomic mass is 16.5. The van der Waals surface area contributed by atoms with Gasteiger partial charge in [-0.05, 0) is 26.2 Å². The van der Waals surface area contributed by atoms with Crippen LogP contribution in [-0.4, -0.2) is 108 Å². The first kappa shape index (κ1) is 18.7. The van der Waals surface area contributed by atoms with E-state index in [1.54, 1.807) is 9.80 Å². The first-order chi connectivity index (χ1) is 10.4. The van der Waals surface area contributed by atoms with Crippen molar-refractivity contribution in [2.45, 2.75) is 0 Å². The Bertz CT molecular complexity index is 336. The van der Waals surface area contributed by atoms with E-state index in [1.807, 2.05) is 0 Å². The van der Waals surface area contributed by atoms with Crippen molar-refractivity contribution in [2.24, 2.45) is 0 Å². The van der Waals surface area contributed by atoms with Crippen molar-refractivity contribution in [1.82, 2.24) is 19.9 Å². The van der Waals surface area contributed by atoms with Gasteiger partial charge in [0.2, 0.25) is 0 Å². The van der Waals surface area contributed by atoms with Gasteiger partial charge in [0, 0.05) is 26.2 Å². The van der Waals surface area contributed by atoms with Gasteiger partial charge in [0.1, 0.15) is 0 Å². The Morgan fingerprint density at radius 1 is 0.682 bits per heavy atom. The van der Waals surface area contributed by atoms with Crippen LogP contribution in [-0.2, 0) is 9.59 Å². The summed E-state index contributed by atoms with van der Waals surface area (Å²) in [5.74, 6) is -2.00. The second-order valence-corrected chi connectivity index (χ2v) is 5.20. The molecule has 2 N–H and O–H groups in total. The zero-order valence-corrected chi connectivity index (χ0v) is 12.4. The van der Waals surface area contributed by atoms with Crippen LogP contribution in [0.3, 0.4) is 0 Å². The van der Waals surface area contributed by atoms with Crippen molar-refractivity contribution >= 4 is 11.9 Å². The Labute approximate surface area is 128 Å². The fourth-order valence-corrected chi connectivity index (χ4v) is 2.16. The molecule has 0 saturated carbocycles. The maximum absolute atomic E-state index is 11.6. The first-order valence-corrected chi connectivity index (χ1v) is 7.09. The van der Waals surface area contributed by atoms with E-state index < -0.39 is 11.9 Å². The molecule has 1 aliphatic rings. The van der Waals surface area contributed by atoms with Gasteiger partial charge >= 0.3 is 11.9 Å². The van der Waals surface area contributed by atoms with Gasteiger partial charge in [-0.25, -0.2) is 0 Å². The van der Waals surface area contributed by atoms with Crippen molar-refractivity contribution in [1.29, 1.82) is 0 Å². The van der Waals surface area contributed by atoms with E-state index >= 15 is 0 Å². The molecule has 1 rings (SSSR count). The second kappa shape index (κ2) is 9.66.